The number of hydrogen-bond donors (Lipinski definition) is 3. The van der Waals surface area contributed by atoms with Crippen molar-refractivity contribution in [3.63, 3.8) is 0 Å². The van der Waals surface area contributed by atoms with Gasteiger partial charge >= 0.3 is 0 Å². The van der Waals surface area contributed by atoms with Crippen LogP contribution in [0.1, 0.15) is 117 Å². The molecule has 2 saturated carbocycles. The van der Waals surface area contributed by atoms with Crippen LogP contribution in [0.5, 0.6) is 0 Å². The fraction of sp³-hybridized carbons (Fsp3) is 0.600. The molecule has 20 heteroatoms. The maximum Gasteiger partial charge on any atom is 0.262 e. The predicted molar refractivity (Wildman–Crippen MR) is 234 cm³/mol. The molecule has 3 atom stereocenters. The second kappa shape index (κ2) is 16.2. The zero-order valence-corrected chi connectivity index (χ0v) is 37.2. The molecule has 6 fully saturated rings. The highest BCUT2D eigenvalue weighted by molar-refractivity contribution is 7.89. The number of pyridine rings is 1. The number of amides is 5. The molecule has 1 unspecified atom stereocenters. The number of hydrogen-bond acceptors (Lipinski definition) is 13. The van der Waals surface area contributed by atoms with Crippen molar-refractivity contribution >= 4 is 62.2 Å². The highest BCUT2D eigenvalue weighted by atomic mass is 32.2. The summed E-state index contributed by atoms with van der Waals surface area (Å²) in [5.41, 5.74) is -0.735. The van der Waals surface area contributed by atoms with E-state index in [1.165, 1.54) is 12.1 Å². The van der Waals surface area contributed by atoms with Gasteiger partial charge < -0.3 is 20.2 Å². The van der Waals surface area contributed by atoms with Crippen LogP contribution in [0.25, 0.3) is 11.0 Å². The van der Waals surface area contributed by atoms with Gasteiger partial charge in [-0.05, 0) is 108 Å². The van der Waals surface area contributed by atoms with E-state index in [0.717, 1.165) is 30.2 Å². The average molecular weight is 916 g/mol. The lowest BCUT2D eigenvalue weighted by Crippen LogP contribution is -2.54. The molecule has 18 nitrogen and oxygen atoms in total. The molecule has 0 bridgehead atoms. The van der Waals surface area contributed by atoms with Crippen LogP contribution in [0, 0.1) is 17.2 Å². The van der Waals surface area contributed by atoms with Crippen LogP contribution in [0.2, 0.25) is 0 Å². The molecule has 3 aromatic rings. The van der Waals surface area contributed by atoms with Crippen molar-refractivity contribution < 1.29 is 41.9 Å². The number of rotatable bonds is 8. The molecular formula is C45H54FN9O9S. The fourth-order valence-electron chi connectivity index (χ4n) is 11.7. The van der Waals surface area contributed by atoms with E-state index in [4.69, 9.17) is 4.98 Å². The first-order valence-electron chi connectivity index (χ1n) is 23.0. The van der Waals surface area contributed by atoms with Gasteiger partial charge in [0.1, 0.15) is 17.5 Å². The number of halogens is 1. The van der Waals surface area contributed by atoms with Crippen LogP contribution in [-0.2, 0) is 24.4 Å². The number of anilines is 2. The van der Waals surface area contributed by atoms with E-state index in [1.807, 2.05) is 9.80 Å². The van der Waals surface area contributed by atoms with Gasteiger partial charge in [-0.15, -0.1) is 0 Å². The highest BCUT2D eigenvalue weighted by Gasteiger charge is 2.51. The Bertz CT molecular complexity index is 2660. The van der Waals surface area contributed by atoms with Crippen LogP contribution < -0.4 is 21.1 Å². The van der Waals surface area contributed by atoms with E-state index >= 15 is 4.39 Å². The van der Waals surface area contributed by atoms with E-state index in [-0.39, 0.29) is 58.5 Å². The number of aliphatic hydroxyl groups is 1. The molecule has 2 aliphatic carbocycles. The quantitative estimate of drug-likeness (QED) is 0.277. The third-order valence-electron chi connectivity index (χ3n) is 15.6. The van der Waals surface area contributed by atoms with Crippen molar-refractivity contribution in [2.24, 2.45) is 11.3 Å². The first-order valence-corrected chi connectivity index (χ1v) is 24.5. The summed E-state index contributed by atoms with van der Waals surface area (Å²) in [5.74, 6) is -3.05. The molecular weight excluding hydrogens is 862 g/mol. The molecule has 4 saturated heterocycles. The summed E-state index contributed by atoms with van der Waals surface area (Å²) >= 11 is 0. The predicted octanol–water partition coefficient (Wildman–Crippen LogP) is 2.70. The second-order valence-corrected chi connectivity index (χ2v) is 21.8. The number of imide groups is 2. The molecule has 65 heavy (non-hydrogen) atoms. The van der Waals surface area contributed by atoms with Crippen LogP contribution in [-0.4, -0.2) is 134 Å². The largest absolute Gasteiger partial charge is 0.388 e. The molecule has 2 aromatic heterocycles. The average Bonchev–Trinajstić information content (AvgIpc) is 3.74. The maximum atomic E-state index is 15.5. The number of nitrogens with one attached hydrogen (secondary N) is 2. The minimum Gasteiger partial charge on any atom is -0.388 e. The second-order valence-electron chi connectivity index (χ2n) is 19.6. The van der Waals surface area contributed by atoms with Crippen LogP contribution in [0.3, 0.4) is 0 Å². The smallest absolute Gasteiger partial charge is 0.262 e. The molecule has 3 N–H and O–H groups in total. The minimum absolute atomic E-state index is 0.00979. The Morgan fingerprint density at radius 1 is 0.892 bits per heavy atom. The fourth-order valence-corrected chi connectivity index (χ4v) is 13.7. The number of carbonyl (C=O) groups is 5. The summed E-state index contributed by atoms with van der Waals surface area (Å²) < 4.78 is 46.4. The lowest BCUT2D eigenvalue weighted by molar-refractivity contribution is -0.145. The summed E-state index contributed by atoms with van der Waals surface area (Å²) in [4.78, 5) is 91.0. The van der Waals surface area contributed by atoms with Crippen LogP contribution in [0.15, 0.2) is 35.3 Å². The maximum absolute atomic E-state index is 15.5. The van der Waals surface area contributed by atoms with Crippen molar-refractivity contribution in [1.29, 1.82) is 0 Å². The monoisotopic (exact) mass is 915 g/mol. The zero-order chi connectivity index (χ0) is 45.6. The number of aromatic nitrogens is 3. The van der Waals surface area contributed by atoms with E-state index in [2.05, 4.69) is 15.6 Å². The summed E-state index contributed by atoms with van der Waals surface area (Å²) in [6, 6.07) is 4.00. The minimum atomic E-state index is -3.60. The van der Waals surface area contributed by atoms with Gasteiger partial charge in [0.15, 0.2) is 0 Å². The Labute approximate surface area is 375 Å². The third-order valence-corrected chi connectivity index (χ3v) is 18.0. The molecule has 7 heterocycles. The topological polar surface area (TPSA) is 225 Å². The van der Waals surface area contributed by atoms with Gasteiger partial charge in [-0.1, -0.05) is 0 Å². The highest BCUT2D eigenvalue weighted by Crippen LogP contribution is 2.54. The van der Waals surface area contributed by atoms with Crippen molar-refractivity contribution in [1.82, 2.24) is 34.0 Å². The summed E-state index contributed by atoms with van der Waals surface area (Å²) in [6.07, 6.45) is 8.41. The van der Waals surface area contributed by atoms with Gasteiger partial charge in [-0.2, -0.15) is 4.98 Å². The Morgan fingerprint density at radius 3 is 2.25 bits per heavy atom. The third kappa shape index (κ3) is 7.67. The number of benzene rings is 1. The summed E-state index contributed by atoms with van der Waals surface area (Å²) in [7, 11) is -3.60. The summed E-state index contributed by atoms with van der Waals surface area (Å²) in [6.45, 7) is 4.17. The number of likely N-dealkylation sites (tertiary alicyclic amines) is 1. The van der Waals surface area contributed by atoms with Gasteiger partial charge in [-0.3, -0.25) is 43.6 Å². The van der Waals surface area contributed by atoms with Crippen LogP contribution in [0.4, 0.5) is 16.0 Å². The molecule has 5 aliphatic heterocycles. The number of sulfonamides is 1. The van der Waals surface area contributed by atoms with Gasteiger partial charge in [0.2, 0.25) is 33.7 Å². The molecule has 10 rings (SSSR count). The van der Waals surface area contributed by atoms with Crippen molar-refractivity contribution in [2.45, 2.75) is 119 Å². The SMILES string of the molecule is C[C@@]1(O)CCC[C@H]1n1c(=O)ccc2cnc(NC3CCN(S(=O)(=O)C4CCN(C(=O)C5CC6(CCN(c7cc8c(cc7F)C(=O)N(C7CCC(=O)NC7=O)C8=O)CC6)C5)CC4)CC3)nc21. The van der Waals surface area contributed by atoms with Gasteiger partial charge in [0.25, 0.3) is 17.4 Å². The van der Waals surface area contributed by atoms with Gasteiger partial charge in [0.05, 0.1) is 33.7 Å². The Kier molecular flexibility index (Phi) is 10.9. The number of nitrogens with zero attached hydrogens (tertiary/aromatic N) is 7. The Balaban J connectivity index is 0.689. The zero-order valence-electron chi connectivity index (χ0n) is 36.3. The van der Waals surface area contributed by atoms with Gasteiger partial charge in [-0.25, -0.2) is 22.1 Å². The molecule has 7 aliphatic rings. The van der Waals surface area contributed by atoms with E-state index < -0.39 is 62.4 Å². The molecule has 346 valence electrons. The molecule has 5 amide bonds. The summed E-state index contributed by atoms with van der Waals surface area (Å²) in [5, 5.41) is 16.6. The number of carbonyl (C=O) groups excluding carboxylic acids is 5. The van der Waals surface area contributed by atoms with E-state index in [1.54, 1.807) is 28.1 Å². The molecule has 1 aromatic carbocycles. The number of piperidine rings is 4. The first-order chi connectivity index (χ1) is 31.0. The Hall–Kier alpha value is -5.34. The van der Waals surface area contributed by atoms with Crippen LogP contribution >= 0.6 is 0 Å². The van der Waals surface area contributed by atoms with E-state index in [0.29, 0.717) is 108 Å². The van der Waals surface area contributed by atoms with E-state index in [9.17, 15) is 42.3 Å². The Morgan fingerprint density at radius 2 is 1.58 bits per heavy atom. The van der Waals surface area contributed by atoms with Crippen molar-refractivity contribution in [3.05, 3.63) is 57.8 Å². The van der Waals surface area contributed by atoms with Crippen molar-refractivity contribution in [2.75, 3.05) is 49.5 Å². The lowest BCUT2D eigenvalue weighted by Gasteiger charge is -2.53. The molecule has 1 spiro atoms. The van der Waals surface area contributed by atoms with Crippen molar-refractivity contribution in [3.8, 4) is 0 Å². The van der Waals surface area contributed by atoms with Gasteiger partial charge in [0, 0.05) is 75.3 Å². The lowest BCUT2D eigenvalue weighted by atomic mass is 9.57. The first kappa shape index (κ1) is 43.5. The molecule has 0 radical (unpaired) electrons. The standard InChI is InChI=1S/C45H54FN9O9S/c1-44(62)12-2-3-35(44)55-37(57)7-4-26-25-47-43(50-38(26)55)48-28-8-17-53(18-9-28)65(63,64)29-10-15-52(16-11-29)40(59)27-23-45(24-27)13-19-51(20-14-45)34-22-31-30(21-32(34)46)41(60)54(42(31)61)33-5-6-36(56)49-39(33)58/h4,7,21-22,25,27-29,33,35,62H,2-3,5-6,8-20,23-24H2,1H3,(H,47,48,50)(H,49,56,58)/t33?,35-,44-/m1/s1. The normalized spacial score (nSPS) is 27.1. The number of fused-ring (bicyclic) bond motifs is 2.